The van der Waals surface area contributed by atoms with Gasteiger partial charge in [0.1, 0.15) is 10.8 Å². The van der Waals surface area contributed by atoms with Gasteiger partial charge in [-0.3, -0.25) is 14.6 Å². The van der Waals surface area contributed by atoms with E-state index in [9.17, 15) is 0 Å². The largest absolute Gasteiger partial charge is 0.492 e. The van der Waals surface area contributed by atoms with E-state index in [1.165, 1.54) is 10.7 Å². The van der Waals surface area contributed by atoms with Crippen molar-refractivity contribution in [2.24, 2.45) is 0 Å². The van der Waals surface area contributed by atoms with E-state index in [1.807, 2.05) is 25.3 Å². The number of aromatic nitrogens is 4. The predicted molar refractivity (Wildman–Crippen MR) is 96.6 cm³/mol. The molecule has 0 bridgehead atoms. The lowest BCUT2D eigenvalue weighted by atomic mass is 10.1. The molecule has 7 heteroatoms. The Morgan fingerprint density at radius 3 is 3.08 bits per heavy atom. The molecule has 0 aromatic carbocycles. The van der Waals surface area contributed by atoms with Crippen LogP contribution in [0.5, 0.6) is 5.75 Å². The second-order valence-electron chi connectivity index (χ2n) is 6.30. The number of fused-ring (bicyclic) bond motifs is 1. The molecule has 0 saturated carbocycles. The highest BCUT2D eigenvalue weighted by molar-refractivity contribution is 7.09. The lowest BCUT2D eigenvalue weighted by Crippen LogP contribution is -2.37. The fourth-order valence-electron chi connectivity index (χ4n) is 3.21. The average molecular weight is 355 g/mol. The van der Waals surface area contributed by atoms with Gasteiger partial charge in [-0.1, -0.05) is 0 Å². The highest BCUT2D eigenvalue weighted by atomic mass is 32.1. The van der Waals surface area contributed by atoms with Crippen LogP contribution in [-0.2, 0) is 13.1 Å². The summed E-state index contributed by atoms with van der Waals surface area (Å²) in [4.78, 5) is 11.1. The molecule has 1 aliphatic heterocycles. The molecular weight excluding hydrogens is 334 g/mol. The second kappa shape index (κ2) is 7.33. The van der Waals surface area contributed by atoms with Gasteiger partial charge < -0.3 is 4.74 Å². The molecule has 3 aromatic rings. The molecule has 25 heavy (non-hydrogen) atoms. The first-order valence-corrected chi connectivity index (χ1v) is 9.34. The van der Waals surface area contributed by atoms with Crippen LogP contribution in [0.15, 0.2) is 42.2 Å². The van der Waals surface area contributed by atoms with Gasteiger partial charge in [-0.2, -0.15) is 5.10 Å². The fourth-order valence-corrected chi connectivity index (χ4v) is 4.02. The van der Waals surface area contributed by atoms with Crippen LogP contribution in [0.1, 0.15) is 28.9 Å². The van der Waals surface area contributed by atoms with Crippen molar-refractivity contribution in [2.75, 3.05) is 13.2 Å². The predicted octanol–water partition coefficient (Wildman–Crippen LogP) is 3.07. The maximum atomic E-state index is 5.82. The number of thiazole rings is 1. The van der Waals surface area contributed by atoms with E-state index in [0.717, 1.165) is 37.5 Å². The van der Waals surface area contributed by atoms with Crippen LogP contribution in [0, 0.1) is 6.92 Å². The van der Waals surface area contributed by atoms with Crippen molar-refractivity contribution in [2.45, 2.75) is 32.5 Å². The van der Waals surface area contributed by atoms with Gasteiger partial charge in [-0.15, -0.1) is 11.3 Å². The molecule has 3 aromatic heterocycles. The Morgan fingerprint density at radius 2 is 2.28 bits per heavy atom. The molecule has 4 heterocycles. The van der Waals surface area contributed by atoms with Crippen molar-refractivity contribution in [3.05, 3.63) is 58.6 Å². The lowest BCUT2D eigenvalue weighted by Gasteiger charge is -2.33. The van der Waals surface area contributed by atoms with Crippen molar-refractivity contribution >= 4 is 11.3 Å². The molecule has 130 valence electrons. The monoisotopic (exact) mass is 355 g/mol. The fraction of sp³-hybridized carbons (Fsp3) is 0.389. The zero-order chi connectivity index (χ0) is 17.1. The number of rotatable bonds is 6. The van der Waals surface area contributed by atoms with E-state index in [4.69, 9.17) is 4.74 Å². The van der Waals surface area contributed by atoms with Crippen molar-refractivity contribution in [1.29, 1.82) is 0 Å². The van der Waals surface area contributed by atoms with Gasteiger partial charge in [-0.25, -0.2) is 4.98 Å². The third-order valence-corrected chi connectivity index (χ3v) is 5.28. The molecule has 0 radical (unpaired) electrons. The summed E-state index contributed by atoms with van der Waals surface area (Å²) >= 11 is 1.74. The topological polar surface area (TPSA) is 56.1 Å². The third kappa shape index (κ3) is 3.88. The number of aryl methyl sites for hydroxylation is 1. The van der Waals surface area contributed by atoms with E-state index in [0.29, 0.717) is 12.6 Å². The minimum Gasteiger partial charge on any atom is -0.492 e. The normalized spacial score (nSPS) is 17.4. The Bertz CT molecular complexity index is 816. The van der Waals surface area contributed by atoms with E-state index in [-0.39, 0.29) is 0 Å². The van der Waals surface area contributed by atoms with Gasteiger partial charge in [0.2, 0.25) is 0 Å². The smallest absolute Gasteiger partial charge is 0.137 e. The standard InChI is InChI=1S/C18H21N5OS/c1-14-13-25-18(21-14)12-22-10-15-4-7-20-23(15)16(11-22)5-8-24-17-3-2-6-19-9-17/h2-4,6-7,9,13,16H,5,8,10-12H2,1H3/t16-/m1/s1. The molecule has 4 rings (SSSR count). The highest BCUT2D eigenvalue weighted by Crippen LogP contribution is 2.25. The third-order valence-electron chi connectivity index (χ3n) is 4.33. The van der Waals surface area contributed by atoms with Crippen LogP contribution >= 0.6 is 11.3 Å². The number of ether oxygens (including phenoxy) is 1. The Morgan fingerprint density at radius 1 is 1.32 bits per heavy atom. The Kier molecular flexibility index (Phi) is 4.76. The summed E-state index contributed by atoms with van der Waals surface area (Å²) in [7, 11) is 0. The molecule has 0 aliphatic carbocycles. The summed E-state index contributed by atoms with van der Waals surface area (Å²) in [6.45, 7) is 5.47. The molecule has 0 unspecified atom stereocenters. The second-order valence-corrected chi connectivity index (χ2v) is 7.24. The van der Waals surface area contributed by atoms with Gasteiger partial charge in [0.05, 0.1) is 31.1 Å². The Balaban J connectivity index is 1.40. The average Bonchev–Trinajstić information content (AvgIpc) is 3.25. The molecule has 0 amide bonds. The number of nitrogens with zero attached hydrogens (tertiary/aromatic N) is 5. The van der Waals surface area contributed by atoms with Gasteiger partial charge in [0.15, 0.2) is 0 Å². The van der Waals surface area contributed by atoms with E-state index in [2.05, 4.69) is 36.1 Å². The van der Waals surface area contributed by atoms with Gasteiger partial charge in [0.25, 0.3) is 0 Å². The number of hydrogen-bond acceptors (Lipinski definition) is 6. The van der Waals surface area contributed by atoms with E-state index >= 15 is 0 Å². The van der Waals surface area contributed by atoms with Crippen molar-refractivity contribution < 1.29 is 4.74 Å². The van der Waals surface area contributed by atoms with Crippen molar-refractivity contribution in [3.8, 4) is 5.75 Å². The molecule has 0 N–H and O–H groups in total. The molecule has 6 nitrogen and oxygen atoms in total. The summed E-state index contributed by atoms with van der Waals surface area (Å²) in [5, 5.41) is 7.81. The van der Waals surface area contributed by atoms with Crippen LogP contribution in [-0.4, -0.2) is 37.8 Å². The van der Waals surface area contributed by atoms with Crippen LogP contribution in [0.3, 0.4) is 0 Å². The Hall–Kier alpha value is -2.25. The molecule has 1 aliphatic rings. The highest BCUT2D eigenvalue weighted by Gasteiger charge is 2.26. The van der Waals surface area contributed by atoms with Crippen LogP contribution in [0.2, 0.25) is 0 Å². The summed E-state index contributed by atoms with van der Waals surface area (Å²) in [6, 6.07) is 6.24. The number of hydrogen-bond donors (Lipinski definition) is 0. The quantitative estimate of drug-likeness (QED) is 0.680. The first-order valence-electron chi connectivity index (χ1n) is 8.46. The first-order chi connectivity index (χ1) is 12.3. The SMILES string of the molecule is Cc1csc(CN2Cc3ccnn3[C@H](CCOc3cccnc3)C2)n1. The zero-order valence-corrected chi connectivity index (χ0v) is 15.0. The van der Waals surface area contributed by atoms with E-state index in [1.54, 1.807) is 23.7 Å². The minimum absolute atomic E-state index is 0.316. The zero-order valence-electron chi connectivity index (χ0n) is 14.2. The van der Waals surface area contributed by atoms with Crippen LogP contribution in [0.4, 0.5) is 0 Å². The Labute approximate surface area is 151 Å². The summed E-state index contributed by atoms with van der Waals surface area (Å²) in [5.41, 5.74) is 2.36. The molecule has 0 spiro atoms. The number of pyridine rings is 1. The lowest BCUT2D eigenvalue weighted by molar-refractivity contribution is 0.147. The van der Waals surface area contributed by atoms with Crippen LogP contribution in [0.25, 0.3) is 0 Å². The van der Waals surface area contributed by atoms with E-state index < -0.39 is 0 Å². The summed E-state index contributed by atoms with van der Waals surface area (Å²) in [6.07, 6.45) is 6.30. The van der Waals surface area contributed by atoms with Crippen LogP contribution < -0.4 is 4.74 Å². The maximum absolute atomic E-state index is 5.82. The summed E-state index contributed by atoms with van der Waals surface area (Å²) in [5.74, 6) is 0.814. The van der Waals surface area contributed by atoms with Gasteiger partial charge >= 0.3 is 0 Å². The molecule has 0 fully saturated rings. The van der Waals surface area contributed by atoms with Crippen molar-refractivity contribution in [3.63, 3.8) is 0 Å². The summed E-state index contributed by atoms with van der Waals surface area (Å²) < 4.78 is 7.97. The minimum atomic E-state index is 0.316. The molecular formula is C18H21N5OS. The maximum Gasteiger partial charge on any atom is 0.137 e. The van der Waals surface area contributed by atoms with Gasteiger partial charge in [0, 0.05) is 43.0 Å². The molecule has 1 atom stereocenters. The first kappa shape index (κ1) is 16.2. The molecule has 0 saturated heterocycles. The van der Waals surface area contributed by atoms with Gasteiger partial charge in [-0.05, 0) is 25.1 Å². The van der Waals surface area contributed by atoms with Crippen molar-refractivity contribution in [1.82, 2.24) is 24.6 Å².